The molecule has 0 aliphatic carbocycles. The molecule has 0 spiro atoms. The number of hydrogen-bond donors (Lipinski definition) is 2. The molecule has 3 amide bonds. The van der Waals surface area contributed by atoms with E-state index >= 15 is 0 Å². The first-order chi connectivity index (χ1) is 24.6. The monoisotopic (exact) mass is 685 g/mol. The topological polar surface area (TPSA) is 109 Å². The second-order valence-corrected chi connectivity index (χ2v) is 12.8. The van der Waals surface area contributed by atoms with Crippen LogP contribution >= 0.6 is 0 Å². The molecule has 0 aliphatic rings. The number of pyridine rings is 1. The van der Waals surface area contributed by atoms with Gasteiger partial charge in [-0.15, -0.1) is 0 Å². The molecule has 3 atom stereocenters. The third-order valence-electron chi connectivity index (χ3n) is 9.14. The molecule has 0 radical (unpaired) electrons. The highest BCUT2D eigenvalue weighted by Gasteiger charge is 2.35. The van der Waals surface area contributed by atoms with Gasteiger partial charge in [0.25, 0.3) is 5.91 Å². The minimum absolute atomic E-state index is 0.149. The fourth-order valence-corrected chi connectivity index (χ4v) is 6.01. The van der Waals surface area contributed by atoms with Gasteiger partial charge in [0.15, 0.2) is 0 Å². The summed E-state index contributed by atoms with van der Waals surface area (Å²) in [6.45, 7) is 2.19. The second kappa shape index (κ2) is 17.3. The normalized spacial score (nSPS) is 12.7. The predicted molar refractivity (Wildman–Crippen MR) is 198 cm³/mol. The van der Waals surface area contributed by atoms with Crippen molar-refractivity contribution in [2.24, 2.45) is 5.73 Å². The zero-order chi connectivity index (χ0) is 36.3. The van der Waals surface area contributed by atoms with Crippen molar-refractivity contribution in [1.82, 2.24) is 20.1 Å². The number of halogens is 1. The first-order valence-corrected chi connectivity index (χ1v) is 17.1. The van der Waals surface area contributed by atoms with Crippen molar-refractivity contribution < 1.29 is 18.8 Å². The van der Waals surface area contributed by atoms with E-state index in [9.17, 15) is 18.8 Å². The Kier molecular flexibility index (Phi) is 12.4. The molecule has 0 saturated carbocycles. The number of likely N-dealkylation sites (N-methyl/N-ethyl adjacent to an activating group) is 2. The zero-order valence-corrected chi connectivity index (χ0v) is 29.2. The Morgan fingerprint density at radius 1 is 0.725 bits per heavy atom. The first-order valence-electron chi connectivity index (χ1n) is 17.1. The predicted octanol–water partition coefficient (Wildman–Crippen LogP) is 6.02. The van der Waals surface area contributed by atoms with E-state index in [1.807, 2.05) is 79.7 Å². The summed E-state index contributed by atoms with van der Waals surface area (Å²) in [4.78, 5) is 49.4. The maximum absolute atomic E-state index is 14.6. The maximum atomic E-state index is 14.6. The van der Waals surface area contributed by atoms with Gasteiger partial charge in [0.05, 0.1) is 0 Å². The summed E-state index contributed by atoms with van der Waals surface area (Å²) in [5.74, 6) is -1.50. The molecule has 9 heteroatoms. The molecule has 8 nitrogen and oxygen atoms in total. The largest absolute Gasteiger partial charge is 0.354 e. The molecule has 3 N–H and O–H groups in total. The number of nitrogens with one attached hydrogen (secondary N) is 1. The summed E-state index contributed by atoms with van der Waals surface area (Å²) < 4.78 is 13.8. The number of aromatic nitrogens is 1. The van der Waals surface area contributed by atoms with Gasteiger partial charge < -0.3 is 20.9 Å². The molecule has 51 heavy (non-hydrogen) atoms. The number of amides is 3. The Bertz CT molecular complexity index is 1900. The summed E-state index contributed by atoms with van der Waals surface area (Å²) in [6.07, 6.45) is 4.33. The average Bonchev–Trinajstić information content (AvgIpc) is 3.16. The number of benzene rings is 4. The van der Waals surface area contributed by atoms with Crippen molar-refractivity contribution in [3.05, 3.63) is 161 Å². The Balaban J connectivity index is 1.44. The lowest BCUT2D eigenvalue weighted by atomic mass is 9.97. The molecule has 4 aromatic carbocycles. The van der Waals surface area contributed by atoms with E-state index < -0.39 is 23.8 Å². The lowest BCUT2D eigenvalue weighted by Gasteiger charge is -2.35. The van der Waals surface area contributed by atoms with Crippen LogP contribution in [0.1, 0.15) is 45.6 Å². The van der Waals surface area contributed by atoms with Crippen LogP contribution in [-0.2, 0) is 28.9 Å². The molecular weight excluding hydrogens is 641 g/mol. The highest BCUT2D eigenvalue weighted by atomic mass is 19.1. The number of carbonyl (C=O) groups is 3. The van der Waals surface area contributed by atoms with Gasteiger partial charge in [0, 0.05) is 57.5 Å². The van der Waals surface area contributed by atoms with Crippen LogP contribution in [0, 0.1) is 5.82 Å². The average molecular weight is 686 g/mol. The summed E-state index contributed by atoms with van der Waals surface area (Å²) in [7, 11) is 3.19. The highest BCUT2D eigenvalue weighted by molar-refractivity contribution is 5.98. The Morgan fingerprint density at radius 2 is 1.33 bits per heavy atom. The number of nitrogens with zero attached hydrogens (tertiary/aromatic N) is 3. The molecule has 1 unspecified atom stereocenters. The van der Waals surface area contributed by atoms with Crippen molar-refractivity contribution in [2.75, 3.05) is 20.6 Å². The number of rotatable bonds is 14. The van der Waals surface area contributed by atoms with Crippen molar-refractivity contribution in [2.45, 2.75) is 44.3 Å². The van der Waals surface area contributed by atoms with Gasteiger partial charge in [-0.1, -0.05) is 78.9 Å². The van der Waals surface area contributed by atoms with E-state index in [-0.39, 0.29) is 30.7 Å². The van der Waals surface area contributed by atoms with Crippen LogP contribution in [0.25, 0.3) is 11.1 Å². The first kappa shape index (κ1) is 36.6. The van der Waals surface area contributed by atoms with E-state index in [0.717, 1.165) is 27.8 Å². The third kappa shape index (κ3) is 9.73. The molecule has 262 valence electrons. The minimum Gasteiger partial charge on any atom is -0.354 e. The molecule has 0 bridgehead atoms. The van der Waals surface area contributed by atoms with Crippen LogP contribution in [0.15, 0.2) is 128 Å². The fraction of sp³-hybridized carbons (Fsp3) is 0.238. The lowest BCUT2D eigenvalue weighted by molar-refractivity contribution is -0.142. The molecule has 5 rings (SSSR count). The Hall–Kier alpha value is -5.67. The van der Waals surface area contributed by atoms with Crippen molar-refractivity contribution in [3.63, 3.8) is 0 Å². The SMILES string of the molecule is CC(N)c1cccc(C(=O)N(C)[C@H](Cc2ccc(-c3ccccc3)cc2)C(=O)N(C)[C@H](Cc2ccc(F)cc2)C(=O)NCCc2ccncc2)c1. The standard InChI is InChI=1S/C42H44FN5O3/c1-29(44)35-10-7-11-36(28-35)41(50)48(3)39(27-31-12-16-34(17-13-31)33-8-5-4-6-9-33)42(51)47(2)38(26-32-14-18-37(43)19-15-32)40(49)46-25-22-30-20-23-45-24-21-30/h4-21,23-24,28-29,38-39H,22,25-27,44H2,1-3H3,(H,46,49)/t29?,38-,39-/m1/s1. The summed E-state index contributed by atoms with van der Waals surface area (Å²) in [6, 6.07) is 32.5. The lowest BCUT2D eigenvalue weighted by Crippen LogP contribution is -2.56. The van der Waals surface area contributed by atoms with Gasteiger partial charge in [0.1, 0.15) is 17.9 Å². The van der Waals surface area contributed by atoms with E-state index in [1.165, 1.54) is 21.9 Å². The molecule has 5 aromatic rings. The van der Waals surface area contributed by atoms with Crippen LogP contribution in [0.4, 0.5) is 4.39 Å². The number of nitrogens with two attached hydrogens (primary N) is 1. The van der Waals surface area contributed by atoms with Crippen LogP contribution in [0.3, 0.4) is 0 Å². The summed E-state index contributed by atoms with van der Waals surface area (Å²) >= 11 is 0. The Morgan fingerprint density at radius 3 is 1.98 bits per heavy atom. The van der Waals surface area contributed by atoms with Crippen molar-refractivity contribution >= 4 is 17.7 Å². The third-order valence-corrected chi connectivity index (χ3v) is 9.14. The van der Waals surface area contributed by atoms with Gasteiger partial charge in [-0.05, 0) is 83.1 Å². The van der Waals surface area contributed by atoms with E-state index in [1.54, 1.807) is 56.8 Å². The van der Waals surface area contributed by atoms with Gasteiger partial charge in [-0.2, -0.15) is 0 Å². The van der Waals surface area contributed by atoms with Gasteiger partial charge in [0.2, 0.25) is 11.8 Å². The van der Waals surface area contributed by atoms with Crippen LogP contribution in [0.2, 0.25) is 0 Å². The van der Waals surface area contributed by atoms with Crippen molar-refractivity contribution in [3.8, 4) is 11.1 Å². The molecule has 1 heterocycles. The molecule has 0 saturated heterocycles. The second-order valence-electron chi connectivity index (χ2n) is 12.8. The fourth-order valence-electron chi connectivity index (χ4n) is 6.01. The quantitative estimate of drug-likeness (QED) is 0.149. The molecule has 0 fully saturated rings. The van der Waals surface area contributed by atoms with Gasteiger partial charge in [-0.3, -0.25) is 19.4 Å². The molecular formula is C42H44FN5O3. The van der Waals surface area contributed by atoms with E-state index in [0.29, 0.717) is 24.1 Å². The highest BCUT2D eigenvalue weighted by Crippen LogP contribution is 2.23. The Labute approximate surface area is 299 Å². The van der Waals surface area contributed by atoms with E-state index in [2.05, 4.69) is 10.3 Å². The maximum Gasteiger partial charge on any atom is 0.254 e. The van der Waals surface area contributed by atoms with Gasteiger partial charge in [-0.25, -0.2) is 4.39 Å². The van der Waals surface area contributed by atoms with Gasteiger partial charge >= 0.3 is 0 Å². The van der Waals surface area contributed by atoms with Crippen molar-refractivity contribution in [1.29, 1.82) is 0 Å². The minimum atomic E-state index is -0.954. The number of hydrogen-bond acceptors (Lipinski definition) is 5. The van der Waals surface area contributed by atoms with Crippen LogP contribution in [0.5, 0.6) is 0 Å². The van der Waals surface area contributed by atoms with Crippen LogP contribution < -0.4 is 11.1 Å². The zero-order valence-electron chi connectivity index (χ0n) is 29.2. The smallest absolute Gasteiger partial charge is 0.254 e. The van der Waals surface area contributed by atoms with Crippen LogP contribution in [-0.4, -0.2) is 65.2 Å². The number of carbonyl (C=O) groups excluding carboxylic acids is 3. The molecule has 0 aliphatic heterocycles. The molecule has 1 aromatic heterocycles. The summed E-state index contributed by atoms with van der Waals surface area (Å²) in [5.41, 5.74) is 12.0. The summed E-state index contributed by atoms with van der Waals surface area (Å²) in [5, 5.41) is 2.98. The van der Waals surface area contributed by atoms with E-state index in [4.69, 9.17) is 5.73 Å².